The molecule has 3 rings (SSSR count). The molecule has 6 heteroatoms. The Balaban J connectivity index is 1.72. The van der Waals surface area contributed by atoms with Crippen molar-refractivity contribution < 1.29 is 14.3 Å². The molecule has 0 radical (unpaired) electrons. The van der Waals surface area contributed by atoms with Gasteiger partial charge in [-0.05, 0) is 43.6 Å². The number of hydrogen-bond acceptors (Lipinski definition) is 4. The first-order valence-electron chi connectivity index (χ1n) is 8.88. The Morgan fingerprint density at radius 1 is 1.29 bits per heavy atom. The minimum atomic E-state index is -0.0789. The SMILES string of the molecule is CC(C)CC(=O)Nc1sc2c(c1C(=O)NC[C@@H]1CCCO1)CCC2. The maximum atomic E-state index is 12.7. The van der Waals surface area contributed by atoms with Gasteiger partial charge in [-0.25, -0.2) is 0 Å². The summed E-state index contributed by atoms with van der Waals surface area (Å²) in [6, 6.07) is 0. The van der Waals surface area contributed by atoms with Crippen molar-refractivity contribution in [3.8, 4) is 0 Å². The summed E-state index contributed by atoms with van der Waals surface area (Å²) >= 11 is 1.57. The monoisotopic (exact) mass is 350 g/mol. The Morgan fingerprint density at radius 3 is 2.83 bits per heavy atom. The molecular weight excluding hydrogens is 324 g/mol. The van der Waals surface area contributed by atoms with Crippen LogP contribution in [-0.2, 0) is 22.4 Å². The number of amides is 2. The van der Waals surface area contributed by atoms with Crippen molar-refractivity contribution in [2.45, 2.75) is 58.5 Å². The molecule has 2 amide bonds. The molecule has 1 atom stereocenters. The normalized spacial score (nSPS) is 19.5. The number of aryl methyl sites for hydroxylation is 1. The molecule has 5 nitrogen and oxygen atoms in total. The van der Waals surface area contributed by atoms with Crippen LogP contribution < -0.4 is 10.6 Å². The van der Waals surface area contributed by atoms with Gasteiger partial charge in [0.05, 0.1) is 11.7 Å². The van der Waals surface area contributed by atoms with E-state index in [1.165, 1.54) is 4.88 Å². The maximum Gasteiger partial charge on any atom is 0.254 e. The van der Waals surface area contributed by atoms with Gasteiger partial charge in [0.15, 0.2) is 0 Å². The zero-order chi connectivity index (χ0) is 17.1. The molecular formula is C18H26N2O3S. The molecule has 132 valence electrons. The van der Waals surface area contributed by atoms with E-state index < -0.39 is 0 Å². The van der Waals surface area contributed by atoms with Crippen molar-refractivity contribution in [2.24, 2.45) is 5.92 Å². The smallest absolute Gasteiger partial charge is 0.254 e. The van der Waals surface area contributed by atoms with E-state index >= 15 is 0 Å². The number of carbonyl (C=O) groups is 2. The van der Waals surface area contributed by atoms with Gasteiger partial charge in [0.1, 0.15) is 5.00 Å². The molecule has 0 saturated carbocycles. The van der Waals surface area contributed by atoms with Gasteiger partial charge in [-0.1, -0.05) is 13.8 Å². The minimum Gasteiger partial charge on any atom is -0.376 e. The lowest BCUT2D eigenvalue weighted by molar-refractivity contribution is -0.116. The summed E-state index contributed by atoms with van der Waals surface area (Å²) < 4.78 is 5.57. The van der Waals surface area contributed by atoms with Crippen molar-refractivity contribution in [3.63, 3.8) is 0 Å². The van der Waals surface area contributed by atoms with Gasteiger partial charge in [-0.2, -0.15) is 0 Å². The van der Waals surface area contributed by atoms with E-state index in [0.29, 0.717) is 24.4 Å². The van der Waals surface area contributed by atoms with E-state index in [1.54, 1.807) is 11.3 Å². The highest BCUT2D eigenvalue weighted by molar-refractivity contribution is 7.17. The van der Waals surface area contributed by atoms with Gasteiger partial charge in [0.25, 0.3) is 5.91 Å². The van der Waals surface area contributed by atoms with E-state index in [4.69, 9.17) is 4.74 Å². The lowest BCUT2D eigenvalue weighted by Crippen LogP contribution is -2.32. The first kappa shape index (κ1) is 17.4. The molecule has 0 unspecified atom stereocenters. The van der Waals surface area contributed by atoms with E-state index in [9.17, 15) is 9.59 Å². The summed E-state index contributed by atoms with van der Waals surface area (Å²) in [5.74, 6) is 0.205. The van der Waals surface area contributed by atoms with E-state index in [-0.39, 0.29) is 17.9 Å². The van der Waals surface area contributed by atoms with Crippen LogP contribution in [0.4, 0.5) is 5.00 Å². The summed E-state index contributed by atoms with van der Waals surface area (Å²) in [5.41, 5.74) is 1.81. The standard InChI is InChI=1S/C18H26N2O3S/c1-11(2)9-15(21)20-18-16(13-6-3-7-14(13)24-18)17(22)19-10-12-5-4-8-23-12/h11-12H,3-10H2,1-2H3,(H,19,22)(H,20,21)/t12-/m0/s1. The van der Waals surface area contributed by atoms with Crippen LogP contribution in [0, 0.1) is 5.92 Å². The molecule has 2 aliphatic rings. The third-order valence-electron chi connectivity index (χ3n) is 4.51. The van der Waals surface area contributed by atoms with Crippen LogP contribution in [0.1, 0.15) is 60.3 Å². The number of thiophene rings is 1. The molecule has 2 N–H and O–H groups in total. The lowest BCUT2D eigenvalue weighted by Gasteiger charge is -2.13. The van der Waals surface area contributed by atoms with Gasteiger partial charge in [0, 0.05) is 24.4 Å². The van der Waals surface area contributed by atoms with Gasteiger partial charge < -0.3 is 15.4 Å². The fourth-order valence-corrected chi connectivity index (χ4v) is 4.68. The molecule has 1 fully saturated rings. The molecule has 1 aromatic rings. The van der Waals surface area contributed by atoms with Crippen LogP contribution >= 0.6 is 11.3 Å². The van der Waals surface area contributed by atoms with Gasteiger partial charge >= 0.3 is 0 Å². The van der Waals surface area contributed by atoms with Gasteiger partial charge in [-0.3, -0.25) is 9.59 Å². The Morgan fingerprint density at radius 2 is 2.12 bits per heavy atom. The second kappa shape index (κ2) is 7.66. The van der Waals surface area contributed by atoms with Crippen LogP contribution in [0.3, 0.4) is 0 Å². The fraction of sp³-hybridized carbons (Fsp3) is 0.667. The molecule has 1 aliphatic heterocycles. The number of fused-ring (bicyclic) bond motifs is 1. The Hall–Kier alpha value is -1.40. The summed E-state index contributed by atoms with van der Waals surface area (Å²) in [4.78, 5) is 26.1. The zero-order valence-corrected chi connectivity index (χ0v) is 15.3. The van der Waals surface area contributed by atoms with E-state index in [0.717, 1.165) is 49.3 Å². The third kappa shape index (κ3) is 3.98. The summed E-state index contributed by atoms with van der Waals surface area (Å²) in [7, 11) is 0. The molecule has 24 heavy (non-hydrogen) atoms. The predicted octanol–water partition coefficient (Wildman–Crippen LogP) is 3.13. The maximum absolute atomic E-state index is 12.7. The highest BCUT2D eigenvalue weighted by Gasteiger charge is 2.28. The largest absolute Gasteiger partial charge is 0.376 e. The molecule has 0 spiro atoms. The van der Waals surface area contributed by atoms with E-state index in [2.05, 4.69) is 10.6 Å². The topological polar surface area (TPSA) is 67.4 Å². The minimum absolute atomic E-state index is 0.0156. The number of hydrogen-bond donors (Lipinski definition) is 2. The molecule has 0 bridgehead atoms. The van der Waals surface area contributed by atoms with E-state index in [1.807, 2.05) is 13.8 Å². The average Bonchev–Trinajstić information content (AvgIpc) is 3.20. The quantitative estimate of drug-likeness (QED) is 0.828. The highest BCUT2D eigenvalue weighted by Crippen LogP contribution is 2.39. The molecule has 1 saturated heterocycles. The summed E-state index contributed by atoms with van der Waals surface area (Å²) in [5, 5.41) is 6.69. The van der Waals surface area contributed by atoms with Crippen molar-refractivity contribution in [1.82, 2.24) is 5.32 Å². The van der Waals surface area contributed by atoms with Crippen LogP contribution in [-0.4, -0.2) is 31.1 Å². The number of rotatable bonds is 6. The first-order chi connectivity index (χ1) is 11.5. The second-order valence-corrected chi connectivity index (χ2v) is 8.16. The second-order valence-electron chi connectivity index (χ2n) is 7.05. The lowest BCUT2D eigenvalue weighted by atomic mass is 10.1. The van der Waals surface area contributed by atoms with Gasteiger partial charge in [0.2, 0.25) is 5.91 Å². The average molecular weight is 350 g/mol. The Kier molecular flexibility index (Phi) is 5.56. The molecule has 1 aromatic heterocycles. The summed E-state index contributed by atoms with van der Waals surface area (Å²) in [6.07, 6.45) is 5.68. The fourth-order valence-electron chi connectivity index (χ4n) is 3.38. The van der Waals surface area contributed by atoms with Crippen molar-refractivity contribution in [1.29, 1.82) is 0 Å². The number of ether oxygens (including phenoxy) is 1. The Bertz CT molecular complexity index is 618. The van der Waals surface area contributed by atoms with Crippen LogP contribution in [0.25, 0.3) is 0 Å². The summed E-state index contributed by atoms with van der Waals surface area (Å²) in [6.45, 7) is 5.36. The number of nitrogens with one attached hydrogen (secondary N) is 2. The van der Waals surface area contributed by atoms with Crippen LogP contribution in [0.5, 0.6) is 0 Å². The highest BCUT2D eigenvalue weighted by atomic mass is 32.1. The molecule has 2 heterocycles. The number of carbonyl (C=O) groups excluding carboxylic acids is 2. The third-order valence-corrected chi connectivity index (χ3v) is 5.72. The van der Waals surface area contributed by atoms with Gasteiger partial charge in [-0.15, -0.1) is 11.3 Å². The zero-order valence-electron chi connectivity index (χ0n) is 14.4. The number of anilines is 1. The predicted molar refractivity (Wildman–Crippen MR) is 95.7 cm³/mol. The first-order valence-corrected chi connectivity index (χ1v) is 9.70. The van der Waals surface area contributed by atoms with Crippen molar-refractivity contribution in [2.75, 3.05) is 18.5 Å². The van der Waals surface area contributed by atoms with Crippen molar-refractivity contribution in [3.05, 3.63) is 16.0 Å². The van der Waals surface area contributed by atoms with Crippen LogP contribution in [0.2, 0.25) is 0 Å². The van der Waals surface area contributed by atoms with Crippen molar-refractivity contribution >= 4 is 28.2 Å². The molecule has 1 aliphatic carbocycles. The molecule has 0 aromatic carbocycles. The van der Waals surface area contributed by atoms with Crippen LogP contribution in [0.15, 0.2) is 0 Å². The Labute approximate surface area is 147 Å².